The van der Waals surface area contributed by atoms with E-state index in [2.05, 4.69) is 36.5 Å². The van der Waals surface area contributed by atoms with Gasteiger partial charge in [-0.15, -0.1) is 0 Å². The molecule has 3 heterocycles. The normalized spacial score (nSPS) is 12.0. The molecular formula is C20H22FN9. The predicted octanol–water partition coefficient (Wildman–Crippen LogP) is 2.60. The van der Waals surface area contributed by atoms with Crippen molar-refractivity contribution in [1.29, 1.82) is 5.26 Å². The molecule has 9 nitrogen and oxygen atoms in total. The number of nitriles is 1. The standard InChI is InChI=1S/C20H22FN9/c1-13(2)28-17-7-19(25-11-16(17)18(29-23)12-24-5-3-4-21)30-20-15(10-27-30)6-14(8-22)9-26-20/h6-7,9-13H,3-5,23H2,1-2H3,(H,25,28). The second-order valence-electron chi connectivity index (χ2n) is 6.78. The summed E-state index contributed by atoms with van der Waals surface area (Å²) in [6, 6.07) is 5.74. The quantitative estimate of drug-likeness (QED) is 0.255. The highest BCUT2D eigenvalue weighted by atomic mass is 19.1. The van der Waals surface area contributed by atoms with Crippen LogP contribution >= 0.6 is 0 Å². The number of nitrogens with two attached hydrogens (primary N) is 1. The Morgan fingerprint density at radius 2 is 2.17 bits per heavy atom. The van der Waals surface area contributed by atoms with Crippen LogP contribution in [0.3, 0.4) is 0 Å². The molecule has 3 N–H and O–H groups in total. The highest BCUT2D eigenvalue weighted by molar-refractivity contribution is 6.39. The van der Waals surface area contributed by atoms with E-state index >= 15 is 0 Å². The van der Waals surface area contributed by atoms with Crippen LogP contribution in [0.4, 0.5) is 10.1 Å². The van der Waals surface area contributed by atoms with Crippen LogP contribution in [0.1, 0.15) is 31.4 Å². The van der Waals surface area contributed by atoms with E-state index in [-0.39, 0.29) is 6.04 Å². The lowest BCUT2D eigenvalue weighted by molar-refractivity contribution is 0.478. The molecule has 30 heavy (non-hydrogen) atoms. The first kappa shape index (κ1) is 20.9. The summed E-state index contributed by atoms with van der Waals surface area (Å²) in [5.41, 5.74) is 2.88. The minimum Gasteiger partial charge on any atom is -0.382 e. The maximum absolute atomic E-state index is 12.3. The molecule has 0 bridgehead atoms. The van der Waals surface area contributed by atoms with Crippen LogP contribution in [0.2, 0.25) is 0 Å². The molecule has 3 rings (SSSR count). The molecule has 3 aromatic heterocycles. The van der Waals surface area contributed by atoms with Crippen molar-refractivity contribution >= 4 is 28.6 Å². The summed E-state index contributed by atoms with van der Waals surface area (Å²) in [7, 11) is 0. The molecule has 0 atom stereocenters. The Hall–Kier alpha value is -3.87. The van der Waals surface area contributed by atoms with Crippen LogP contribution in [0, 0.1) is 11.3 Å². The molecule has 0 aliphatic heterocycles. The van der Waals surface area contributed by atoms with Crippen LogP contribution in [0.15, 0.2) is 40.8 Å². The molecule has 0 amide bonds. The number of pyridine rings is 2. The van der Waals surface area contributed by atoms with E-state index in [4.69, 9.17) is 11.1 Å². The molecule has 10 heteroatoms. The number of nitrogens with zero attached hydrogens (tertiary/aromatic N) is 7. The van der Waals surface area contributed by atoms with Crippen molar-refractivity contribution in [2.75, 3.05) is 18.5 Å². The average Bonchev–Trinajstić information content (AvgIpc) is 3.17. The zero-order chi connectivity index (χ0) is 21.5. The molecule has 0 aromatic carbocycles. The number of nitrogens with one attached hydrogen (secondary N) is 1. The zero-order valence-electron chi connectivity index (χ0n) is 16.7. The number of fused-ring (bicyclic) bond motifs is 1. The molecule has 154 valence electrons. The topological polar surface area (TPSA) is 130 Å². The fourth-order valence-electron chi connectivity index (χ4n) is 2.82. The SMILES string of the molecule is CC(C)Nc1cc(-n2ncc3cc(C#N)cnc32)ncc1C(C=NCCCF)=NN. The first-order valence-electron chi connectivity index (χ1n) is 9.42. The van der Waals surface area contributed by atoms with E-state index in [1.54, 1.807) is 23.1 Å². The Bertz CT molecular complexity index is 1120. The second kappa shape index (κ2) is 9.56. The van der Waals surface area contributed by atoms with E-state index in [9.17, 15) is 4.39 Å². The van der Waals surface area contributed by atoms with Gasteiger partial charge >= 0.3 is 0 Å². The number of rotatable bonds is 8. The van der Waals surface area contributed by atoms with Gasteiger partial charge in [-0.1, -0.05) is 0 Å². The van der Waals surface area contributed by atoms with Gasteiger partial charge in [-0.25, -0.2) is 9.97 Å². The number of hydrogen-bond donors (Lipinski definition) is 2. The molecule has 0 fully saturated rings. The lowest BCUT2D eigenvalue weighted by atomic mass is 10.1. The summed E-state index contributed by atoms with van der Waals surface area (Å²) in [4.78, 5) is 13.0. The van der Waals surface area contributed by atoms with Gasteiger partial charge in [0, 0.05) is 53.9 Å². The number of anilines is 1. The van der Waals surface area contributed by atoms with E-state index in [0.29, 0.717) is 41.3 Å². The minimum atomic E-state index is -0.426. The zero-order valence-corrected chi connectivity index (χ0v) is 16.7. The van der Waals surface area contributed by atoms with Gasteiger partial charge in [0.15, 0.2) is 11.5 Å². The maximum atomic E-state index is 12.3. The highest BCUT2D eigenvalue weighted by Crippen LogP contribution is 2.22. The molecule has 0 unspecified atom stereocenters. The smallest absolute Gasteiger partial charge is 0.164 e. The second-order valence-corrected chi connectivity index (χ2v) is 6.78. The number of halogens is 1. The molecule has 0 saturated carbocycles. The molecule has 3 aromatic rings. The van der Waals surface area contributed by atoms with Crippen LogP contribution in [0.25, 0.3) is 16.9 Å². The van der Waals surface area contributed by atoms with Crippen molar-refractivity contribution in [2.45, 2.75) is 26.3 Å². The first-order chi connectivity index (χ1) is 14.6. The summed E-state index contributed by atoms with van der Waals surface area (Å²) in [6.07, 6.45) is 6.62. The van der Waals surface area contributed by atoms with Crippen molar-refractivity contribution in [3.63, 3.8) is 0 Å². The van der Waals surface area contributed by atoms with Gasteiger partial charge in [-0.3, -0.25) is 9.38 Å². The fraction of sp³-hybridized carbons (Fsp3) is 0.300. The summed E-state index contributed by atoms with van der Waals surface area (Å²) in [5, 5.41) is 21.3. The van der Waals surface area contributed by atoms with E-state index in [0.717, 1.165) is 11.1 Å². The summed E-state index contributed by atoms with van der Waals surface area (Å²) >= 11 is 0. The van der Waals surface area contributed by atoms with E-state index in [1.165, 1.54) is 12.4 Å². The Morgan fingerprint density at radius 1 is 1.33 bits per heavy atom. The molecule has 0 spiro atoms. The number of aliphatic imine (C=N–C) groups is 1. The predicted molar refractivity (Wildman–Crippen MR) is 115 cm³/mol. The van der Waals surface area contributed by atoms with Gasteiger partial charge in [-0.2, -0.15) is 20.1 Å². The minimum absolute atomic E-state index is 0.132. The Morgan fingerprint density at radius 3 is 2.87 bits per heavy atom. The number of hydrogen-bond acceptors (Lipinski definition) is 8. The van der Waals surface area contributed by atoms with Crippen LogP contribution in [-0.2, 0) is 0 Å². The van der Waals surface area contributed by atoms with Crippen molar-refractivity contribution in [3.8, 4) is 11.9 Å². The lowest BCUT2D eigenvalue weighted by Crippen LogP contribution is -2.17. The van der Waals surface area contributed by atoms with Crippen LogP contribution < -0.4 is 11.2 Å². The summed E-state index contributed by atoms with van der Waals surface area (Å²) < 4.78 is 13.9. The van der Waals surface area contributed by atoms with Crippen molar-refractivity contribution < 1.29 is 4.39 Å². The third kappa shape index (κ3) is 4.57. The summed E-state index contributed by atoms with van der Waals surface area (Å²) in [5.74, 6) is 6.11. The Kier molecular flexibility index (Phi) is 6.64. The monoisotopic (exact) mass is 407 g/mol. The van der Waals surface area contributed by atoms with Crippen molar-refractivity contribution in [2.24, 2.45) is 15.9 Å². The fourth-order valence-corrected chi connectivity index (χ4v) is 2.82. The third-order valence-corrected chi connectivity index (χ3v) is 4.14. The van der Waals surface area contributed by atoms with Gasteiger partial charge in [0.25, 0.3) is 0 Å². The van der Waals surface area contributed by atoms with Crippen LogP contribution in [-0.4, -0.2) is 50.9 Å². The van der Waals surface area contributed by atoms with Crippen molar-refractivity contribution in [1.82, 2.24) is 19.7 Å². The molecular weight excluding hydrogens is 385 g/mol. The van der Waals surface area contributed by atoms with Gasteiger partial charge in [0.05, 0.1) is 18.4 Å². The van der Waals surface area contributed by atoms with E-state index < -0.39 is 6.67 Å². The molecule has 0 aliphatic rings. The third-order valence-electron chi connectivity index (χ3n) is 4.14. The molecule has 0 aliphatic carbocycles. The number of alkyl halides is 1. The molecule has 0 radical (unpaired) electrons. The van der Waals surface area contributed by atoms with Crippen LogP contribution in [0.5, 0.6) is 0 Å². The summed E-state index contributed by atoms with van der Waals surface area (Å²) in [6.45, 7) is 3.94. The maximum Gasteiger partial charge on any atom is 0.164 e. The number of hydrazone groups is 1. The van der Waals surface area contributed by atoms with Gasteiger partial charge in [0.1, 0.15) is 11.8 Å². The molecule has 0 saturated heterocycles. The average molecular weight is 407 g/mol. The van der Waals surface area contributed by atoms with E-state index in [1.807, 2.05) is 19.9 Å². The Balaban J connectivity index is 2.03. The Labute approximate surface area is 173 Å². The number of aromatic nitrogens is 4. The lowest BCUT2D eigenvalue weighted by Gasteiger charge is -2.15. The van der Waals surface area contributed by atoms with Gasteiger partial charge in [0.2, 0.25) is 0 Å². The first-order valence-corrected chi connectivity index (χ1v) is 9.42. The van der Waals surface area contributed by atoms with Gasteiger partial charge < -0.3 is 11.2 Å². The van der Waals surface area contributed by atoms with Crippen molar-refractivity contribution in [3.05, 3.63) is 41.9 Å². The highest BCUT2D eigenvalue weighted by Gasteiger charge is 2.15. The largest absolute Gasteiger partial charge is 0.382 e. The van der Waals surface area contributed by atoms with Gasteiger partial charge in [-0.05, 0) is 26.3 Å².